The summed E-state index contributed by atoms with van der Waals surface area (Å²) in [4.78, 5) is 38.0. The van der Waals surface area contributed by atoms with Gasteiger partial charge in [0.2, 0.25) is 0 Å². The number of hydrogen-bond acceptors (Lipinski definition) is 4. The second-order valence-corrected chi connectivity index (χ2v) is 5.10. The topological polar surface area (TPSA) is 87.2 Å². The summed E-state index contributed by atoms with van der Waals surface area (Å²) in [6.45, 7) is 4.82. The van der Waals surface area contributed by atoms with Crippen LogP contribution in [0.3, 0.4) is 0 Å². The zero-order chi connectivity index (χ0) is 15.8. The highest BCUT2D eigenvalue weighted by atomic mass is 16.5. The van der Waals surface area contributed by atoms with E-state index in [0.717, 1.165) is 12.8 Å². The molecule has 1 aliphatic heterocycles. The second-order valence-electron chi connectivity index (χ2n) is 5.10. The van der Waals surface area contributed by atoms with Crippen LogP contribution in [0.25, 0.3) is 0 Å². The number of nitrogens with zero attached hydrogens (tertiary/aromatic N) is 2. The number of amides is 2. The normalized spacial score (nSPS) is 17.6. The molecule has 0 saturated carbocycles. The van der Waals surface area contributed by atoms with Crippen molar-refractivity contribution < 1.29 is 24.2 Å². The van der Waals surface area contributed by atoms with Crippen molar-refractivity contribution in [1.82, 2.24) is 9.80 Å². The van der Waals surface area contributed by atoms with Gasteiger partial charge < -0.3 is 19.6 Å². The molecular weight excluding hydrogens is 276 g/mol. The minimum absolute atomic E-state index is 0.0505. The molecule has 7 nitrogen and oxygen atoms in total. The van der Waals surface area contributed by atoms with Crippen LogP contribution in [0.4, 0.5) is 4.79 Å². The zero-order valence-electron chi connectivity index (χ0n) is 12.7. The average molecular weight is 300 g/mol. The largest absolute Gasteiger partial charge is 0.481 e. The quantitative estimate of drug-likeness (QED) is 0.716. The van der Waals surface area contributed by atoms with Crippen molar-refractivity contribution in [2.45, 2.75) is 45.6 Å². The summed E-state index contributed by atoms with van der Waals surface area (Å²) >= 11 is 0. The smallest absolute Gasteiger partial charge is 0.325 e. The maximum Gasteiger partial charge on any atom is 0.325 e. The van der Waals surface area contributed by atoms with Crippen LogP contribution in [0, 0.1) is 0 Å². The molecule has 1 heterocycles. The lowest BCUT2D eigenvalue weighted by Gasteiger charge is -2.30. The number of carboxylic acids is 1. The molecule has 1 atom stereocenters. The van der Waals surface area contributed by atoms with E-state index in [2.05, 4.69) is 0 Å². The van der Waals surface area contributed by atoms with E-state index in [-0.39, 0.29) is 31.6 Å². The number of ether oxygens (including phenoxy) is 1. The van der Waals surface area contributed by atoms with Crippen molar-refractivity contribution in [3.63, 3.8) is 0 Å². The van der Waals surface area contributed by atoms with Crippen LogP contribution in [0.2, 0.25) is 0 Å². The molecule has 0 aromatic rings. The van der Waals surface area contributed by atoms with Crippen molar-refractivity contribution >= 4 is 18.0 Å². The molecule has 1 rings (SSSR count). The predicted molar refractivity (Wildman–Crippen MR) is 75.9 cm³/mol. The van der Waals surface area contributed by atoms with E-state index in [1.165, 1.54) is 4.90 Å². The van der Waals surface area contributed by atoms with Crippen LogP contribution >= 0.6 is 0 Å². The predicted octanol–water partition coefficient (Wildman–Crippen LogP) is 1.32. The van der Waals surface area contributed by atoms with E-state index in [4.69, 9.17) is 9.84 Å². The highest BCUT2D eigenvalue weighted by Gasteiger charge is 2.33. The first-order valence-electron chi connectivity index (χ1n) is 7.42. The number of carbonyl (C=O) groups is 3. The van der Waals surface area contributed by atoms with Crippen LogP contribution in [0.5, 0.6) is 0 Å². The summed E-state index contributed by atoms with van der Waals surface area (Å²) in [5.74, 6) is -1.35. The van der Waals surface area contributed by atoms with Gasteiger partial charge in [-0.05, 0) is 26.2 Å². The molecule has 21 heavy (non-hydrogen) atoms. The maximum atomic E-state index is 12.5. The number of carboxylic acid groups (broad SMARTS) is 1. The fraction of sp³-hybridized carbons (Fsp3) is 0.786. The van der Waals surface area contributed by atoms with Gasteiger partial charge in [-0.3, -0.25) is 9.59 Å². The molecule has 0 aliphatic carbocycles. The van der Waals surface area contributed by atoms with E-state index in [0.29, 0.717) is 19.5 Å². The Kier molecular flexibility index (Phi) is 6.98. The third kappa shape index (κ3) is 5.24. The van der Waals surface area contributed by atoms with Crippen molar-refractivity contribution in [3.8, 4) is 0 Å². The van der Waals surface area contributed by atoms with Gasteiger partial charge in [0.1, 0.15) is 6.54 Å². The lowest BCUT2D eigenvalue weighted by Crippen LogP contribution is -2.48. The molecule has 2 amide bonds. The van der Waals surface area contributed by atoms with Gasteiger partial charge in [0.15, 0.2) is 0 Å². The average Bonchev–Trinajstić information content (AvgIpc) is 2.85. The van der Waals surface area contributed by atoms with E-state index < -0.39 is 11.9 Å². The van der Waals surface area contributed by atoms with Gasteiger partial charge in [-0.1, -0.05) is 6.92 Å². The molecule has 0 spiro atoms. The highest BCUT2D eigenvalue weighted by molar-refractivity contribution is 5.82. The van der Waals surface area contributed by atoms with Crippen LogP contribution in [-0.4, -0.2) is 65.2 Å². The minimum Gasteiger partial charge on any atom is -0.481 e. The molecule has 1 N–H and O–H groups in total. The number of carbonyl (C=O) groups excluding carboxylic acids is 2. The third-order valence-corrected chi connectivity index (χ3v) is 3.42. The molecule has 1 saturated heterocycles. The Morgan fingerprint density at radius 3 is 2.62 bits per heavy atom. The Bertz CT molecular complexity index is 386. The number of esters is 1. The van der Waals surface area contributed by atoms with Gasteiger partial charge in [-0.15, -0.1) is 0 Å². The summed E-state index contributed by atoms with van der Waals surface area (Å²) < 4.78 is 4.88. The fourth-order valence-electron chi connectivity index (χ4n) is 2.56. The Morgan fingerprint density at radius 1 is 1.33 bits per heavy atom. The number of urea groups is 1. The first-order valence-corrected chi connectivity index (χ1v) is 7.42. The lowest BCUT2D eigenvalue weighted by molar-refractivity contribution is -0.144. The highest BCUT2D eigenvalue weighted by Crippen LogP contribution is 2.21. The monoisotopic (exact) mass is 300 g/mol. The van der Waals surface area contributed by atoms with Gasteiger partial charge in [-0.2, -0.15) is 0 Å². The van der Waals surface area contributed by atoms with Gasteiger partial charge in [0.25, 0.3) is 0 Å². The summed E-state index contributed by atoms with van der Waals surface area (Å²) in [6.07, 6.45) is 2.16. The van der Waals surface area contributed by atoms with E-state index >= 15 is 0 Å². The molecule has 0 aromatic carbocycles. The van der Waals surface area contributed by atoms with Crippen molar-refractivity contribution in [2.24, 2.45) is 0 Å². The van der Waals surface area contributed by atoms with Crippen LogP contribution < -0.4 is 0 Å². The van der Waals surface area contributed by atoms with Gasteiger partial charge in [0, 0.05) is 19.1 Å². The first kappa shape index (κ1) is 17.3. The van der Waals surface area contributed by atoms with Crippen LogP contribution in [0.15, 0.2) is 0 Å². The van der Waals surface area contributed by atoms with Crippen LogP contribution in [-0.2, 0) is 14.3 Å². The number of aliphatic carboxylic acids is 1. The molecule has 120 valence electrons. The Hall–Kier alpha value is -1.79. The Balaban J connectivity index is 2.70. The summed E-state index contributed by atoms with van der Waals surface area (Å²) in [5, 5.41) is 8.91. The van der Waals surface area contributed by atoms with Gasteiger partial charge in [-0.25, -0.2) is 4.79 Å². The molecule has 1 aliphatic rings. The lowest BCUT2D eigenvalue weighted by atomic mass is 10.1. The molecule has 0 bridgehead atoms. The third-order valence-electron chi connectivity index (χ3n) is 3.42. The molecule has 7 heteroatoms. The van der Waals surface area contributed by atoms with E-state index in [1.54, 1.807) is 11.8 Å². The second kappa shape index (κ2) is 8.49. The van der Waals surface area contributed by atoms with E-state index in [9.17, 15) is 14.4 Å². The summed E-state index contributed by atoms with van der Waals surface area (Å²) in [7, 11) is 0. The number of rotatable bonds is 7. The fourth-order valence-corrected chi connectivity index (χ4v) is 2.56. The molecule has 0 radical (unpaired) electrons. The van der Waals surface area contributed by atoms with Crippen LogP contribution in [0.1, 0.15) is 39.5 Å². The van der Waals surface area contributed by atoms with E-state index in [1.807, 2.05) is 6.92 Å². The summed E-state index contributed by atoms with van der Waals surface area (Å²) in [6, 6.07) is -0.551. The summed E-state index contributed by atoms with van der Waals surface area (Å²) in [5.41, 5.74) is 0. The van der Waals surface area contributed by atoms with Gasteiger partial charge in [0.05, 0.1) is 13.0 Å². The zero-order valence-corrected chi connectivity index (χ0v) is 12.7. The first-order chi connectivity index (χ1) is 9.99. The van der Waals surface area contributed by atoms with Crippen molar-refractivity contribution in [2.75, 3.05) is 26.2 Å². The van der Waals surface area contributed by atoms with Crippen molar-refractivity contribution in [3.05, 3.63) is 0 Å². The SMILES string of the molecule is CCCN(CC(=O)OCC)C(=O)N1CCCC1CC(=O)O. The Labute approximate surface area is 124 Å². The Morgan fingerprint density at radius 2 is 2.05 bits per heavy atom. The maximum absolute atomic E-state index is 12.5. The molecular formula is C14H24N2O5. The van der Waals surface area contributed by atoms with Crippen molar-refractivity contribution in [1.29, 1.82) is 0 Å². The number of hydrogen-bond donors (Lipinski definition) is 1. The molecule has 1 fully saturated rings. The number of likely N-dealkylation sites (tertiary alicyclic amines) is 1. The minimum atomic E-state index is -0.910. The molecule has 0 aromatic heterocycles. The molecule has 1 unspecified atom stereocenters. The van der Waals surface area contributed by atoms with Gasteiger partial charge >= 0.3 is 18.0 Å². The standard InChI is InChI=1S/C14H24N2O5/c1-3-7-15(10-13(19)21-4-2)14(20)16-8-5-6-11(16)9-12(17)18/h11H,3-10H2,1-2H3,(H,17,18).